The van der Waals surface area contributed by atoms with Gasteiger partial charge in [0.05, 0.1) is 0 Å². The van der Waals surface area contributed by atoms with Gasteiger partial charge in [0.25, 0.3) is 0 Å². The number of nitrogens with zero attached hydrogens (tertiary/aromatic N) is 1. The van der Waals surface area contributed by atoms with Crippen molar-refractivity contribution in [3.8, 4) is 0 Å². The zero-order valence-electron chi connectivity index (χ0n) is 12.2. The van der Waals surface area contributed by atoms with Gasteiger partial charge in [-0.1, -0.05) is 38.1 Å². The van der Waals surface area contributed by atoms with E-state index in [4.69, 9.17) is 5.73 Å². The van der Waals surface area contributed by atoms with Crippen LogP contribution >= 0.6 is 0 Å². The summed E-state index contributed by atoms with van der Waals surface area (Å²) in [6.45, 7) is 6.79. The van der Waals surface area contributed by atoms with Crippen molar-refractivity contribution in [2.24, 2.45) is 5.73 Å². The molecule has 1 aliphatic carbocycles. The molecule has 0 radical (unpaired) electrons. The molecule has 3 rings (SSSR count). The van der Waals surface area contributed by atoms with Crippen LogP contribution in [0.4, 0.5) is 0 Å². The lowest BCUT2D eigenvalue weighted by molar-refractivity contribution is 0.153. The molecule has 0 saturated carbocycles. The van der Waals surface area contributed by atoms with Crippen molar-refractivity contribution in [1.82, 2.24) is 4.90 Å². The molecule has 1 aromatic rings. The third kappa shape index (κ3) is 2.21. The number of likely N-dealkylation sites (tertiary alicyclic amines) is 1. The quantitative estimate of drug-likeness (QED) is 0.882. The van der Waals surface area contributed by atoms with Crippen LogP contribution in [0.5, 0.6) is 0 Å². The third-order valence-electron chi connectivity index (χ3n) is 5.19. The van der Waals surface area contributed by atoms with E-state index >= 15 is 0 Å². The van der Waals surface area contributed by atoms with Crippen molar-refractivity contribution in [1.29, 1.82) is 0 Å². The summed E-state index contributed by atoms with van der Waals surface area (Å²) in [4.78, 5) is 2.67. The summed E-state index contributed by atoms with van der Waals surface area (Å²) in [6.07, 6.45) is 5.14. The Morgan fingerprint density at radius 2 is 2.05 bits per heavy atom. The number of hydrogen-bond acceptors (Lipinski definition) is 2. The molecule has 0 bridgehead atoms. The van der Waals surface area contributed by atoms with Crippen LogP contribution in [0.2, 0.25) is 0 Å². The summed E-state index contributed by atoms with van der Waals surface area (Å²) in [7, 11) is 0. The van der Waals surface area contributed by atoms with Crippen LogP contribution in [0.15, 0.2) is 24.3 Å². The van der Waals surface area contributed by atoms with Gasteiger partial charge in [-0.2, -0.15) is 0 Å². The summed E-state index contributed by atoms with van der Waals surface area (Å²) in [5.74, 6) is 0. The lowest BCUT2D eigenvalue weighted by atomic mass is 9.70. The maximum absolute atomic E-state index is 5.96. The number of rotatable bonds is 2. The van der Waals surface area contributed by atoms with Crippen molar-refractivity contribution in [2.45, 2.75) is 57.0 Å². The van der Waals surface area contributed by atoms with Gasteiger partial charge in [-0.25, -0.2) is 0 Å². The van der Waals surface area contributed by atoms with Gasteiger partial charge in [-0.05, 0) is 48.8 Å². The van der Waals surface area contributed by atoms with Gasteiger partial charge < -0.3 is 5.73 Å². The normalized spacial score (nSPS) is 30.3. The molecule has 104 valence electrons. The number of hydrogen-bond donors (Lipinski definition) is 1. The second kappa shape index (κ2) is 4.92. The average Bonchev–Trinajstić information content (AvgIpc) is 2.87. The van der Waals surface area contributed by atoms with Gasteiger partial charge >= 0.3 is 0 Å². The van der Waals surface area contributed by atoms with Gasteiger partial charge in [0.15, 0.2) is 0 Å². The van der Waals surface area contributed by atoms with Crippen LogP contribution in [0.3, 0.4) is 0 Å². The summed E-state index contributed by atoms with van der Waals surface area (Å²) in [6, 6.07) is 10.2. The molecule has 1 saturated heterocycles. The number of nitrogens with two attached hydrogens (primary N) is 1. The van der Waals surface area contributed by atoms with Gasteiger partial charge in [-0.15, -0.1) is 0 Å². The second-order valence-corrected chi connectivity index (χ2v) is 6.80. The monoisotopic (exact) mass is 258 g/mol. The minimum Gasteiger partial charge on any atom is -0.329 e. The first-order chi connectivity index (χ1) is 9.13. The second-order valence-electron chi connectivity index (χ2n) is 6.80. The highest BCUT2D eigenvalue weighted by Crippen LogP contribution is 2.45. The number of benzene rings is 1. The molecule has 1 aromatic carbocycles. The Labute approximate surface area is 117 Å². The molecule has 2 aliphatic rings. The Balaban J connectivity index is 1.96. The van der Waals surface area contributed by atoms with E-state index in [0.29, 0.717) is 17.5 Å². The highest BCUT2D eigenvalue weighted by Gasteiger charge is 2.38. The van der Waals surface area contributed by atoms with Gasteiger partial charge in [-0.3, -0.25) is 4.90 Å². The molecule has 2 nitrogen and oxygen atoms in total. The molecule has 0 spiro atoms. The zero-order valence-corrected chi connectivity index (χ0v) is 12.2. The molecule has 0 aromatic heterocycles. The third-order valence-corrected chi connectivity index (χ3v) is 5.19. The lowest BCUT2D eigenvalue weighted by Gasteiger charge is -2.42. The van der Waals surface area contributed by atoms with Crippen molar-refractivity contribution < 1.29 is 0 Å². The highest BCUT2D eigenvalue weighted by atomic mass is 15.2. The molecule has 1 aliphatic heterocycles. The standard InChI is InChI=1S/C17H26N2/c1-17(2)10-9-16(14-7-3-4-8-15(14)17)19-11-5-6-13(19)12-18/h3-4,7-8,13,16H,5-6,9-12,18H2,1-2H3. The first-order valence-corrected chi connectivity index (χ1v) is 7.69. The Hall–Kier alpha value is -0.860. The van der Waals surface area contributed by atoms with Gasteiger partial charge in [0.1, 0.15) is 0 Å². The molecule has 2 N–H and O–H groups in total. The Kier molecular flexibility index (Phi) is 3.40. The molecule has 2 heteroatoms. The number of fused-ring (bicyclic) bond motifs is 1. The summed E-state index contributed by atoms with van der Waals surface area (Å²) in [5.41, 5.74) is 9.39. The molecule has 1 heterocycles. The molecule has 0 amide bonds. The molecule has 2 unspecified atom stereocenters. The van der Waals surface area contributed by atoms with Crippen molar-refractivity contribution in [3.05, 3.63) is 35.4 Å². The van der Waals surface area contributed by atoms with Crippen molar-refractivity contribution >= 4 is 0 Å². The molecule has 1 fully saturated rings. The van der Waals surface area contributed by atoms with E-state index in [2.05, 4.69) is 43.0 Å². The van der Waals surface area contributed by atoms with Crippen molar-refractivity contribution in [2.75, 3.05) is 13.1 Å². The van der Waals surface area contributed by atoms with Crippen LogP contribution < -0.4 is 5.73 Å². The van der Waals surface area contributed by atoms with Crippen molar-refractivity contribution in [3.63, 3.8) is 0 Å². The predicted molar refractivity (Wildman–Crippen MR) is 80.2 cm³/mol. The fourth-order valence-corrected chi connectivity index (χ4v) is 4.06. The van der Waals surface area contributed by atoms with E-state index in [1.165, 1.54) is 32.2 Å². The summed E-state index contributed by atoms with van der Waals surface area (Å²) >= 11 is 0. The zero-order chi connectivity index (χ0) is 13.5. The summed E-state index contributed by atoms with van der Waals surface area (Å²) in [5, 5.41) is 0. The molecule has 19 heavy (non-hydrogen) atoms. The predicted octanol–water partition coefficient (Wildman–Crippen LogP) is 3.22. The molecular formula is C17H26N2. The van der Waals surface area contributed by atoms with E-state index in [0.717, 1.165) is 6.54 Å². The average molecular weight is 258 g/mol. The Morgan fingerprint density at radius 3 is 2.84 bits per heavy atom. The maximum atomic E-state index is 5.96. The first-order valence-electron chi connectivity index (χ1n) is 7.69. The van der Waals surface area contributed by atoms with E-state index < -0.39 is 0 Å². The van der Waals surface area contributed by atoms with Crippen LogP contribution in [0, 0.1) is 0 Å². The highest BCUT2D eigenvalue weighted by molar-refractivity contribution is 5.38. The SMILES string of the molecule is CC1(C)CCC(N2CCCC2CN)c2ccccc21. The van der Waals surface area contributed by atoms with E-state index in [1.54, 1.807) is 11.1 Å². The summed E-state index contributed by atoms with van der Waals surface area (Å²) < 4.78 is 0. The van der Waals surface area contributed by atoms with Gasteiger partial charge in [0, 0.05) is 18.6 Å². The van der Waals surface area contributed by atoms with Crippen LogP contribution in [0.1, 0.15) is 56.7 Å². The maximum Gasteiger partial charge on any atom is 0.0354 e. The molecular weight excluding hydrogens is 232 g/mol. The van der Waals surface area contributed by atoms with E-state index in [1.807, 2.05) is 0 Å². The van der Waals surface area contributed by atoms with Crippen LogP contribution in [-0.4, -0.2) is 24.0 Å². The van der Waals surface area contributed by atoms with E-state index in [-0.39, 0.29) is 0 Å². The van der Waals surface area contributed by atoms with Crippen LogP contribution in [0.25, 0.3) is 0 Å². The Bertz CT molecular complexity index is 452. The topological polar surface area (TPSA) is 29.3 Å². The minimum atomic E-state index is 0.324. The lowest BCUT2D eigenvalue weighted by Crippen LogP contribution is -2.41. The van der Waals surface area contributed by atoms with Crippen LogP contribution in [-0.2, 0) is 5.41 Å². The smallest absolute Gasteiger partial charge is 0.0354 e. The fraction of sp³-hybridized carbons (Fsp3) is 0.647. The molecule has 2 atom stereocenters. The fourth-order valence-electron chi connectivity index (χ4n) is 4.06. The largest absolute Gasteiger partial charge is 0.329 e. The first kappa shape index (κ1) is 13.1. The Morgan fingerprint density at radius 1 is 1.26 bits per heavy atom. The van der Waals surface area contributed by atoms with E-state index in [9.17, 15) is 0 Å². The van der Waals surface area contributed by atoms with Gasteiger partial charge in [0.2, 0.25) is 0 Å². The minimum absolute atomic E-state index is 0.324.